The fraction of sp³-hybridized carbons (Fsp3) is 1.00. The molecule has 0 N–H and O–H groups in total. The quantitative estimate of drug-likeness (QED) is 0.426. The number of morpholine rings is 1. The number of ether oxygens (including phenoxy) is 1. The summed E-state index contributed by atoms with van der Waals surface area (Å²) in [6.07, 6.45) is 0. The van der Waals surface area contributed by atoms with E-state index >= 15 is 0 Å². The molecular weight excluding hydrogens is 90.1 g/mol. The van der Waals surface area contributed by atoms with Crippen molar-refractivity contribution in [3.8, 4) is 0 Å². The molecule has 0 aliphatic carbocycles. The third-order valence-corrected chi connectivity index (χ3v) is 1.01. The maximum atomic E-state index is 7.30. The van der Waals surface area contributed by atoms with Crippen molar-refractivity contribution in [2.75, 3.05) is 33.3 Å². The zero-order valence-corrected chi connectivity index (χ0v) is 4.48. The third-order valence-electron chi connectivity index (χ3n) is 1.01. The second-order valence-corrected chi connectivity index (χ2v) is 1.63. The zero-order valence-electron chi connectivity index (χ0n) is 6.48. The van der Waals surface area contributed by atoms with Crippen LogP contribution in [0.2, 0.25) is 0 Å². The third kappa shape index (κ3) is 1.45. The van der Waals surface area contributed by atoms with Gasteiger partial charge in [0.05, 0.1) is 13.2 Å². The molecule has 1 fully saturated rings. The first-order valence-corrected chi connectivity index (χ1v) is 2.42. The van der Waals surface area contributed by atoms with Gasteiger partial charge in [0, 0.05) is 15.8 Å². The Labute approximate surface area is 46.9 Å². The maximum Gasteiger partial charge on any atom is 0.0594 e. The van der Waals surface area contributed by atoms with Crippen molar-refractivity contribution in [1.82, 2.24) is 4.90 Å². The molecule has 0 amide bonds. The highest BCUT2D eigenvalue weighted by molar-refractivity contribution is 4.53. The van der Waals surface area contributed by atoms with Crippen LogP contribution in [0.1, 0.15) is 2.74 Å². The molecule has 1 rings (SSSR count). The summed E-state index contributed by atoms with van der Waals surface area (Å²) >= 11 is 0. The van der Waals surface area contributed by atoms with Crippen LogP contribution in [-0.2, 0) is 4.74 Å². The molecule has 0 radical (unpaired) electrons. The summed E-state index contributed by atoms with van der Waals surface area (Å²) in [5.41, 5.74) is 0. The molecule has 0 spiro atoms. The number of hydrogen-bond donors (Lipinski definition) is 0. The van der Waals surface area contributed by atoms with Crippen LogP contribution in [0.4, 0.5) is 0 Å². The highest BCUT2D eigenvalue weighted by Gasteiger charge is 2.02. The molecule has 0 aromatic carbocycles. The first-order chi connectivity index (χ1) is 4.13. The van der Waals surface area contributed by atoms with Gasteiger partial charge < -0.3 is 9.64 Å². The van der Waals surface area contributed by atoms with Crippen LogP contribution in [0, 0.1) is 0 Å². The Kier molecular flexibility index (Phi) is 0.995. The molecule has 0 saturated carbocycles. The highest BCUT2D eigenvalue weighted by atomic mass is 16.5. The minimum atomic E-state index is -1.25. The minimum absolute atomic E-state index is 0.198. The summed E-state index contributed by atoms with van der Waals surface area (Å²) in [6, 6.07) is 0. The van der Waals surface area contributed by atoms with Gasteiger partial charge in [-0.25, -0.2) is 0 Å². The molecule has 7 heavy (non-hydrogen) atoms. The van der Waals surface area contributed by atoms with Crippen molar-refractivity contribution < 1.29 is 7.48 Å². The lowest BCUT2D eigenvalue weighted by Gasteiger charge is -2.21. The Morgan fingerprint density at radius 1 is 1.71 bits per heavy atom. The average Bonchev–Trinajstić information content (AvgIpc) is 1.77. The van der Waals surface area contributed by atoms with E-state index in [1.807, 2.05) is 0 Å². The maximum absolute atomic E-state index is 7.30. The van der Waals surface area contributed by atoms with Crippen molar-refractivity contribution in [3.63, 3.8) is 0 Å². The lowest BCUT2D eigenvalue weighted by Crippen LogP contribution is -2.32. The summed E-state index contributed by atoms with van der Waals surface area (Å²) in [5, 5.41) is 0. The Morgan fingerprint density at radius 2 is 2.57 bits per heavy atom. The standard InChI is InChI=1S/C5H11NO/c1-6-2-4-7-5-3-6/h2-5H2,1H3/i2D2. The van der Waals surface area contributed by atoms with Crippen molar-refractivity contribution in [3.05, 3.63) is 0 Å². The molecule has 2 nitrogen and oxygen atoms in total. The van der Waals surface area contributed by atoms with Crippen LogP contribution >= 0.6 is 0 Å². The number of rotatable bonds is 0. The largest absolute Gasteiger partial charge is 0.379 e. The average molecular weight is 103 g/mol. The lowest BCUT2D eigenvalue weighted by molar-refractivity contribution is 0.0503. The summed E-state index contributed by atoms with van der Waals surface area (Å²) < 4.78 is 19.5. The summed E-state index contributed by atoms with van der Waals surface area (Å²) in [7, 11) is 1.77. The van der Waals surface area contributed by atoms with Gasteiger partial charge in [-0.2, -0.15) is 0 Å². The van der Waals surface area contributed by atoms with Gasteiger partial charge in [-0.3, -0.25) is 0 Å². The van der Waals surface area contributed by atoms with Crippen LogP contribution in [0.5, 0.6) is 0 Å². The first kappa shape index (κ1) is 3.05. The molecule has 0 unspecified atom stereocenters. The van der Waals surface area contributed by atoms with E-state index in [1.165, 1.54) is 0 Å². The molecule has 0 aromatic rings. The van der Waals surface area contributed by atoms with E-state index in [-0.39, 0.29) is 6.61 Å². The second kappa shape index (κ2) is 2.28. The van der Waals surface area contributed by atoms with E-state index in [9.17, 15) is 0 Å². The lowest BCUT2D eigenvalue weighted by atomic mass is 10.5. The zero-order chi connectivity index (χ0) is 6.91. The van der Waals surface area contributed by atoms with E-state index in [0.29, 0.717) is 13.2 Å². The molecule has 42 valence electrons. The topological polar surface area (TPSA) is 12.5 Å². The molecular formula is C5H11NO. The van der Waals surface area contributed by atoms with Gasteiger partial charge in [0.15, 0.2) is 0 Å². The second-order valence-electron chi connectivity index (χ2n) is 1.63. The van der Waals surface area contributed by atoms with Crippen LogP contribution in [-0.4, -0.2) is 38.2 Å². The molecule has 1 heterocycles. The Balaban J connectivity index is 2.49. The van der Waals surface area contributed by atoms with Gasteiger partial charge >= 0.3 is 0 Å². The highest BCUT2D eigenvalue weighted by Crippen LogP contribution is 1.89. The van der Waals surface area contributed by atoms with Crippen LogP contribution in [0.15, 0.2) is 0 Å². The fourth-order valence-corrected chi connectivity index (χ4v) is 0.509. The monoisotopic (exact) mass is 103 g/mol. The Bertz CT molecular complexity index is 107. The number of nitrogens with zero attached hydrogens (tertiary/aromatic N) is 1. The van der Waals surface area contributed by atoms with E-state index in [2.05, 4.69) is 0 Å². The summed E-state index contributed by atoms with van der Waals surface area (Å²) in [5.74, 6) is 0. The van der Waals surface area contributed by atoms with Gasteiger partial charge in [-0.05, 0) is 7.05 Å². The van der Waals surface area contributed by atoms with E-state index in [0.717, 1.165) is 0 Å². The Hall–Kier alpha value is -0.0800. The predicted octanol–water partition coefficient (Wildman–Crippen LogP) is -0.0516. The normalized spacial score (nSPS) is 36.7. The van der Waals surface area contributed by atoms with Crippen LogP contribution in [0.3, 0.4) is 0 Å². The van der Waals surface area contributed by atoms with Gasteiger partial charge in [-0.15, -0.1) is 0 Å². The predicted molar refractivity (Wildman–Crippen MR) is 28.3 cm³/mol. The molecule has 0 aromatic heterocycles. The smallest absolute Gasteiger partial charge is 0.0594 e. The fourth-order valence-electron chi connectivity index (χ4n) is 0.509. The number of likely N-dealkylation sites (N-methyl/N-ethyl adjacent to an activating group) is 1. The molecule has 0 atom stereocenters. The molecule has 2 heteroatoms. The molecule has 0 bridgehead atoms. The summed E-state index contributed by atoms with van der Waals surface area (Å²) in [6.45, 7) is 0.282. The van der Waals surface area contributed by atoms with Gasteiger partial charge in [0.25, 0.3) is 0 Å². The van der Waals surface area contributed by atoms with Crippen molar-refractivity contribution in [2.45, 2.75) is 0 Å². The van der Waals surface area contributed by atoms with Gasteiger partial charge in [0.2, 0.25) is 0 Å². The van der Waals surface area contributed by atoms with Crippen LogP contribution < -0.4 is 0 Å². The minimum Gasteiger partial charge on any atom is -0.379 e. The van der Waals surface area contributed by atoms with Gasteiger partial charge in [0.1, 0.15) is 0 Å². The SMILES string of the molecule is [2H]C1([2H])COCCN1C. The molecule has 1 saturated heterocycles. The van der Waals surface area contributed by atoms with Crippen molar-refractivity contribution in [2.24, 2.45) is 0 Å². The first-order valence-electron chi connectivity index (χ1n) is 3.42. The van der Waals surface area contributed by atoms with Crippen molar-refractivity contribution in [1.29, 1.82) is 0 Å². The summed E-state index contributed by atoms with van der Waals surface area (Å²) in [4.78, 5) is 1.66. The number of hydrogen-bond acceptors (Lipinski definition) is 2. The van der Waals surface area contributed by atoms with E-state index < -0.39 is 6.50 Å². The Morgan fingerprint density at radius 3 is 3.00 bits per heavy atom. The van der Waals surface area contributed by atoms with Crippen molar-refractivity contribution >= 4 is 0 Å². The van der Waals surface area contributed by atoms with E-state index in [1.54, 1.807) is 11.9 Å². The van der Waals surface area contributed by atoms with E-state index in [4.69, 9.17) is 7.48 Å². The van der Waals surface area contributed by atoms with Crippen LogP contribution in [0.25, 0.3) is 0 Å². The molecule has 1 aliphatic heterocycles. The molecule has 1 aliphatic rings. The van der Waals surface area contributed by atoms with Gasteiger partial charge in [-0.1, -0.05) is 0 Å².